The average molecular weight is 424 g/mol. The highest BCUT2D eigenvalue weighted by molar-refractivity contribution is 5.78. The molecular formula is C24H16N4O4. The fourth-order valence-electron chi connectivity index (χ4n) is 3.62. The van der Waals surface area contributed by atoms with Gasteiger partial charge in [0.25, 0.3) is 11.2 Å². The number of fused-ring (bicyclic) bond motifs is 1. The molecule has 0 fully saturated rings. The Bertz CT molecular complexity index is 1520. The van der Waals surface area contributed by atoms with Crippen molar-refractivity contribution in [3.05, 3.63) is 105 Å². The Morgan fingerprint density at radius 1 is 0.938 bits per heavy atom. The number of aromatic nitrogens is 3. The minimum absolute atomic E-state index is 0.0118. The molecule has 3 aromatic carbocycles. The van der Waals surface area contributed by atoms with Gasteiger partial charge in [0.15, 0.2) is 5.76 Å². The first-order chi connectivity index (χ1) is 15.5. The van der Waals surface area contributed by atoms with Crippen molar-refractivity contribution < 1.29 is 9.45 Å². The second-order valence-electron chi connectivity index (χ2n) is 7.24. The fourth-order valence-corrected chi connectivity index (χ4v) is 3.62. The normalized spacial score (nSPS) is 11.0. The standard InChI is InChI=1S/C24H16N4O4/c1-15-25-21-5-3-2-4-20(21)24(29)27(15)18-10-6-16(7-11-18)22-14-23(32-26-22)17-8-12-19(13-9-17)28(30)31/h2-14H,1H3. The summed E-state index contributed by atoms with van der Waals surface area (Å²) in [4.78, 5) is 27.9. The van der Waals surface area contributed by atoms with Gasteiger partial charge in [-0.1, -0.05) is 29.4 Å². The molecule has 5 aromatic rings. The van der Waals surface area contributed by atoms with Crippen molar-refractivity contribution in [1.29, 1.82) is 0 Å². The molecule has 32 heavy (non-hydrogen) atoms. The van der Waals surface area contributed by atoms with Gasteiger partial charge in [-0.15, -0.1) is 0 Å². The van der Waals surface area contributed by atoms with Crippen molar-refractivity contribution in [3.8, 4) is 28.3 Å². The van der Waals surface area contributed by atoms with Crippen LogP contribution in [0.5, 0.6) is 0 Å². The van der Waals surface area contributed by atoms with Gasteiger partial charge in [-0.2, -0.15) is 0 Å². The van der Waals surface area contributed by atoms with E-state index in [0.717, 1.165) is 5.56 Å². The van der Waals surface area contributed by atoms with Crippen LogP contribution in [0.4, 0.5) is 5.69 Å². The van der Waals surface area contributed by atoms with Crippen molar-refractivity contribution in [2.45, 2.75) is 6.92 Å². The first-order valence-electron chi connectivity index (χ1n) is 9.82. The third-order valence-corrected chi connectivity index (χ3v) is 5.24. The van der Waals surface area contributed by atoms with Gasteiger partial charge in [-0.25, -0.2) is 4.98 Å². The first kappa shape index (κ1) is 19.4. The number of nitro benzene ring substituents is 1. The third kappa shape index (κ3) is 3.33. The number of hydrogen-bond acceptors (Lipinski definition) is 6. The van der Waals surface area contributed by atoms with Gasteiger partial charge in [0.1, 0.15) is 11.5 Å². The van der Waals surface area contributed by atoms with Crippen LogP contribution in [0, 0.1) is 17.0 Å². The van der Waals surface area contributed by atoms with Crippen LogP contribution in [0.3, 0.4) is 0 Å². The lowest BCUT2D eigenvalue weighted by Gasteiger charge is -2.11. The van der Waals surface area contributed by atoms with E-state index in [-0.39, 0.29) is 11.2 Å². The lowest BCUT2D eigenvalue weighted by atomic mass is 10.1. The molecule has 0 aliphatic rings. The Balaban J connectivity index is 1.47. The maximum absolute atomic E-state index is 13.0. The van der Waals surface area contributed by atoms with Gasteiger partial charge in [-0.05, 0) is 43.3 Å². The summed E-state index contributed by atoms with van der Waals surface area (Å²) in [6.45, 7) is 1.80. The molecule has 0 saturated carbocycles. The quantitative estimate of drug-likeness (QED) is 0.299. The first-order valence-corrected chi connectivity index (χ1v) is 9.82. The highest BCUT2D eigenvalue weighted by atomic mass is 16.6. The molecule has 0 spiro atoms. The number of rotatable bonds is 4. The summed E-state index contributed by atoms with van der Waals surface area (Å²) in [5.74, 6) is 1.10. The Labute approximate surface area is 181 Å². The summed E-state index contributed by atoms with van der Waals surface area (Å²) in [5.41, 5.74) is 3.38. The summed E-state index contributed by atoms with van der Waals surface area (Å²) < 4.78 is 7.00. The summed E-state index contributed by atoms with van der Waals surface area (Å²) in [6.07, 6.45) is 0. The molecule has 0 unspecified atom stereocenters. The largest absolute Gasteiger partial charge is 0.356 e. The number of non-ortho nitro benzene ring substituents is 1. The average Bonchev–Trinajstić information content (AvgIpc) is 3.30. The van der Waals surface area contributed by atoms with Crippen LogP contribution >= 0.6 is 0 Å². The van der Waals surface area contributed by atoms with E-state index in [2.05, 4.69) is 10.1 Å². The van der Waals surface area contributed by atoms with Crippen LogP contribution in [0.1, 0.15) is 5.82 Å². The van der Waals surface area contributed by atoms with E-state index in [1.54, 1.807) is 35.8 Å². The van der Waals surface area contributed by atoms with Crippen molar-refractivity contribution >= 4 is 16.6 Å². The molecule has 156 valence electrons. The molecule has 2 heterocycles. The van der Waals surface area contributed by atoms with Gasteiger partial charge in [0.2, 0.25) is 0 Å². The highest BCUT2D eigenvalue weighted by Gasteiger charge is 2.13. The van der Waals surface area contributed by atoms with Crippen LogP contribution in [0.15, 0.2) is 88.2 Å². The zero-order chi connectivity index (χ0) is 22.2. The summed E-state index contributed by atoms with van der Waals surface area (Å²) in [7, 11) is 0. The SMILES string of the molecule is Cc1nc2ccccc2c(=O)n1-c1ccc(-c2cc(-c3ccc([N+](=O)[O-])cc3)on2)cc1. The number of para-hydroxylation sites is 1. The molecule has 0 amide bonds. The number of benzene rings is 3. The zero-order valence-corrected chi connectivity index (χ0v) is 16.9. The molecule has 8 nitrogen and oxygen atoms in total. The predicted octanol–water partition coefficient (Wildman–Crippen LogP) is 4.92. The van der Waals surface area contributed by atoms with Crippen LogP contribution in [-0.2, 0) is 0 Å². The lowest BCUT2D eigenvalue weighted by Crippen LogP contribution is -2.22. The summed E-state index contributed by atoms with van der Waals surface area (Å²) >= 11 is 0. The number of hydrogen-bond donors (Lipinski definition) is 0. The molecule has 5 rings (SSSR count). The lowest BCUT2D eigenvalue weighted by molar-refractivity contribution is -0.384. The smallest absolute Gasteiger partial charge is 0.269 e. The molecule has 8 heteroatoms. The van der Waals surface area contributed by atoms with Crippen LogP contribution in [-0.4, -0.2) is 19.6 Å². The van der Waals surface area contributed by atoms with E-state index in [1.807, 2.05) is 42.5 Å². The molecule has 0 aliphatic heterocycles. The van der Waals surface area contributed by atoms with E-state index >= 15 is 0 Å². The number of nitrogens with zero attached hydrogens (tertiary/aromatic N) is 4. The van der Waals surface area contributed by atoms with E-state index in [4.69, 9.17) is 4.52 Å². The fraction of sp³-hybridized carbons (Fsp3) is 0.0417. The van der Waals surface area contributed by atoms with Crippen molar-refractivity contribution in [1.82, 2.24) is 14.7 Å². The molecular weight excluding hydrogens is 408 g/mol. The molecule has 0 N–H and O–H groups in total. The van der Waals surface area contributed by atoms with Crippen LogP contribution < -0.4 is 5.56 Å². The Morgan fingerprint density at radius 2 is 1.62 bits per heavy atom. The summed E-state index contributed by atoms with van der Waals surface area (Å²) in [5, 5.41) is 15.5. The minimum Gasteiger partial charge on any atom is -0.356 e. The van der Waals surface area contributed by atoms with Gasteiger partial charge in [0, 0.05) is 29.3 Å². The highest BCUT2D eigenvalue weighted by Crippen LogP contribution is 2.28. The molecule has 0 aliphatic carbocycles. The molecule has 0 radical (unpaired) electrons. The van der Waals surface area contributed by atoms with Crippen LogP contribution in [0.2, 0.25) is 0 Å². The van der Waals surface area contributed by atoms with E-state index in [9.17, 15) is 14.9 Å². The molecule has 0 saturated heterocycles. The summed E-state index contributed by atoms with van der Waals surface area (Å²) in [6, 6.07) is 22.5. The van der Waals surface area contributed by atoms with Gasteiger partial charge < -0.3 is 4.52 Å². The molecule has 2 aromatic heterocycles. The second-order valence-corrected chi connectivity index (χ2v) is 7.24. The van der Waals surface area contributed by atoms with E-state index < -0.39 is 4.92 Å². The van der Waals surface area contributed by atoms with E-state index in [1.165, 1.54) is 12.1 Å². The number of nitro groups is 1. The Morgan fingerprint density at radius 3 is 2.34 bits per heavy atom. The van der Waals surface area contributed by atoms with Gasteiger partial charge in [-0.3, -0.25) is 19.5 Å². The maximum Gasteiger partial charge on any atom is 0.269 e. The topological polar surface area (TPSA) is 104 Å². The third-order valence-electron chi connectivity index (χ3n) is 5.24. The van der Waals surface area contributed by atoms with Crippen molar-refractivity contribution in [3.63, 3.8) is 0 Å². The monoisotopic (exact) mass is 424 g/mol. The minimum atomic E-state index is -0.449. The number of aryl methyl sites for hydroxylation is 1. The van der Waals surface area contributed by atoms with E-state index in [0.29, 0.717) is 39.4 Å². The second kappa shape index (κ2) is 7.59. The van der Waals surface area contributed by atoms with Crippen LogP contribution in [0.25, 0.3) is 39.2 Å². The molecule has 0 bridgehead atoms. The predicted molar refractivity (Wildman–Crippen MR) is 120 cm³/mol. The Hall–Kier alpha value is -4.59. The Kier molecular flexibility index (Phi) is 4.59. The maximum atomic E-state index is 13.0. The van der Waals surface area contributed by atoms with Crippen molar-refractivity contribution in [2.24, 2.45) is 0 Å². The van der Waals surface area contributed by atoms with Gasteiger partial charge >= 0.3 is 0 Å². The molecule has 0 atom stereocenters. The zero-order valence-electron chi connectivity index (χ0n) is 16.9. The van der Waals surface area contributed by atoms with Gasteiger partial charge in [0.05, 0.1) is 21.5 Å². The van der Waals surface area contributed by atoms with Crippen molar-refractivity contribution in [2.75, 3.05) is 0 Å².